The number of nitrogens with zero attached hydrogens (tertiary/aromatic N) is 1. The number of benzene rings is 2. The normalized spacial score (nSPS) is 10.8. The van der Waals surface area contributed by atoms with Crippen molar-refractivity contribution in [1.29, 1.82) is 0 Å². The van der Waals surface area contributed by atoms with Gasteiger partial charge in [-0.1, -0.05) is 6.07 Å². The average Bonchev–Trinajstić information content (AvgIpc) is 2.71. The standard InChI is InChI=1S/C22H27N3O7/c1-22(2,3)32-21(27)24-16-8-6-7-15(11-16)20(26)23-10-9-14-12-18(30-4)19(31-5)13-17(14)25(28)29/h6-8,11-13H,9-10H2,1-5H3,(H,23,26)(H,24,27). The molecule has 0 heterocycles. The van der Waals surface area contributed by atoms with Crippen molar-refractivity contribution >= 4 is 23.4 Å². The molecule has 0 aliphatic rings. The minimum absolute atomic E-state index is 0.125. The van der Waals surface area contributed by atoms with E-state index >= 15 is 0 Å². The smallest absolute Gasteiger partial charge is 0.412 e. The molecule has 0 aliphatic carbocycles. The van der Waals surface area contributed by atoms with Crippen LogP contribution in [0.3, 0.4) is 0 Å². The van der Waals surface area contributed by atoms with Gasteiger partial charge in [0.15, 0.2) is 11.5 Å². The topological polar surface area (TPSA) is 129 Å². The van der Waals surface area contributed by atoms with Gasteiger partial charge in [-0.05, 0) is 51.5 Å². The van der Waals surface area contributed by atoms with E-state index in [1.165, 1.54) is 32.4 Å². The highest BCUT2D eigenvalue weighted by Crippen LogP contribution is 2.34. The first-order chi connectivity index (χ1) is 15.0. The number of rotatable bonds is 8. The lowest BCUT2D eigenvalue weighted by atomic mass is 10.1. The van der Waals surface area contributed by atoms with Gasteiger partial charge in [0.2, 0.25) is 0 Å². The van der Waals surface area contributed by atoms with Crippen molar-refractivity contribution in [2.24, 2.45) is 0 Å². The van der Waals surface area contributed by atoms with Gasteiger partial charge in [0.05, 0.1) is 25.2 Å². The van der Waals surface area contributed by atoms with Crippen molar-refractivity contribution in [3.8, 4) is 11.5 Å². The molecule has 0 aliphatic heterocycles. The van der Waals surface area contributed by atoms with Crippen molar-refractivity contribution in [1.82, 2.24) is 5.32 Å². The molecule has 0 radical (unpaired) electrons. The first kappa shape index (κ1) is 24.4. The summed E-state index contributed by atoms with van der Waals surface area (Å²) in [6.45, 7) is 5.40. The molecule has 0 spiro atoms. The number of methoxy groups -OCH3 is 2. The highest BCUT2D eigenvalue weighted by atomic mass is 16.6. The molecule has 2 amide bonds. The molecule has 2 aromatic carbocycles. The Morgan fingerprint density at radius 2 is 1.72 bits per heavy atom. The number of ether oxygens (including phenoxy) is 3. The van der Waals surface area contributed by atoms with Gasteiger partial charge in [-0.15, -0.1) is 0 Å². The number of carbonyl (C=O) groups is 2. The maximum Gasteiger partial charge on any atom is 0.412 e. The maximum atomic E-state index is 12.5. The van der Waals surface area contributed by atoms with Crippen molar-refractivity contribution in [2.75, 3.05) is 26.1 Å². The zero-order chi connectivity index (χ0) is 23.9. The molecular weight excluding hydrogens is 418 g/mol. The molecule has 32 heavy (non-hydrogen) atoms. The van der Waals surface area contributed by atoms with Crippen LogP contribution in [0, 0.1) is 10.1 Å². The van der Waals surface area contributed by atoms with E-state index in [4.69, 9.17) is 14.2 Å². The quantitative estimate of drug-likeness (QED) is 0.465. The van der Waals surface area contributed by atoms with Gasteiger partial charge in [0, 0.05) is 23.4 Å². The SMILES string of the molecule is COc1cc(CCNC(=O)c2cccc(NC(=O)OC(C)(C)C)c2)c([N+](=O)[O-])cc1OC. The van der Waals surface area contributed by atoms with Crippen LogP contribution in [0.2, 0.25) is 0 Å². The molecule has 0 bridgehead atoms. The second-order valence-electron chi connectivity index (χ2n) is 7.81. The number of amides is 2. The summed E-state index contributed by atoms with van der Waals surface area (Å²) in [4.78, 5) is 35.3. The van der Waals surface area contributed by atoms with E-state index in [1.54, 1.807) is 39.0 Å². The van der Waals surface area contributed by atoms with Crippen LogP contribution >= 0.6 is 0 Å². The molecule has 0 aromatic heterocycles. The fraction of sp³-hybridized carbons (Fsp3) is 0.364. The Kier molecular flexibility index (Phi) is 8.00. The summed E-state index contributed by atoms with van der Waals surface area (Å²) < 4.78 is 15.5. The van der Waals surface area contributed by atoms with Crippen LogP contribution in [0.25, 0.3) is 0 Å². The van der Waals surface area contributed by atoms with Crippen molar-refractivity contribution in [3.63, 3.8) is 0 Å². The Morgan fingerprint density at radius 1 is 1.06 bits per heavy atom. The number of carbonyl (C=O) groups excluding carboxylic acids is 2. The third-order valence-electron chi connectivity index (χ3n) is 4.23. The largest absolute Gasteiger partial charge is 0.493 e. The van der Waals surface area contributed by atoms with E-state index in [1.807, 2.05) is 0 Å². The summed E-state index contributed by atoms with van der Waals surface area (Å²) in [6.07, 6.45) is -0.422. The summed E-state index contributed by atoms with van der Waals surface area (Å²) in [5.41, 5.74) is 0.350. The van der Waals surface area contributed by atoms with Gasteiger partial charge in [-0.25, -0.2) is 4.79 Å². The van der Waals surface area contributed by atoms with Crippen LogP contribution < -0.4 is 20.1 Å². The lowest BCUT2D eigenvalue weighted by Gasteiger charge is -2.19. The van der Waals surface area contributed by atoms with Crippen LogP contribution in [0.15, 0.2) is 36.4 Å². The van der Waals surface area contributed by atoms with E-state index in [9.17, 15) is 19.7 Å². The van der Waals surface area contributed by atoms with Crippen molar-refractivity contribution in [2.45, 2.75) is 32.8 Å². The van der Waals surface area contributed by atoms with Crippen LogP contribution in [-0.2, 0) is 11.2 Å². The zero-order valence-electron chi connectivity index (χ0n) is 18.7. The van der Waals surface area contributed by atoms with Crippen molar-refractivity contribution in [3.05, 3.63) is 57.6 Å². The molecule has 10 nitrogen and oxygen atoms in total. The van der Waals surface area contributed by atoms with E-state index in [-0.39, 0.29) is 30.3 Å². The summed E-state index contributed by atoms with van der Waals surface area (Å²) in [5, 5.41) is 16.7. The Bertz CT molecular complexity index is 1000. The molecule has 0 saturated heterocycles. The monoisotopic (exact) mass is 445 g/mol. The molecule has 2 aromatic rings. The number of nitro groups is 1. The summed E-state index contributed by atoms with van der Waals surface area (Å²) in [5.74, 6) is 0.225. The van der Waals surface area contributed by atoms with E-state index in [0.29, 0.717) is 22.6 Å². The maximum absolute atomic E-state index is 12.5. The van der Waals surface area contributed by atoms with Gasteiger partial charge in [-0.2, -0.15) is 0 Å². The summed E-state index contributed by atoms with van der Waals surface area (Å²) >= 11 is 0. The van der Waals surface area contributed by atoms with Gasteiger partial charge >= 0.3 is 6.09 Å². The highest BCUT2D eigenvalue weighted by Gasteiger charge is 2.20. The predicted molar refractivity (Wildman–Crippen MR) is 119 cm³/mol. The molecule has 172 valence electrons. The number of hydrogen-bond acceptors (Lipinski definition) is 7. The molecule has 0 saturated carbocycles. The molecule has 0 unspecified atom stereocenters. The molecule has 2 N–H and O–H groups in total. The van der Waals surface area contributed by atoms with Crippen LogP contribution in [0.4, 0.5) is 16.2 Å². The van der Waals surface area contributed by atoms with E-state index in [0.717, 1.165) is 0 Å². The Balaban J connectivity index is 2.05. The number of anilines is 1. The molecule has 0 atom stereocenters. The average molecular weight is 445 g/mol. The lowest BCUT2D eigenvalue weighted by Crippen LogP contribution is -2.28. The van der Waals surface area contributed by atoms with Crippen LogP contribution in [-0.4, -0.2) is 43.3 Å². The van der Waals surface area contributed by atoms with E-state index in [2.05, 4.69) is 10.6 Å². The Hall–Kier alpha value is -3.82. The minimum Gasteiger partial charge on any atom is -0.493 e. The number of nitro benzene ring substituents is 1. The zero-order valence-corrected chi connectivity index (χ0v) is 18.7. The highest BCUT2D eigenvalue weighted by molar-refractivity contribution is 5.96. The third-order valence-corrected chi connectivity index (χ3v) is 4.23. The van der Waals surface area contributed by atoms with E-state index < -0.39 is 16.6 Å². The molecular formula is C22H27N3O7. The fourth-order valence-corrected chi connectivity index (χ4v) is 2.85. The van der Waals surface area contributed by atoms with Gasteiger partial charge in [-0.3, -0.25) is 20.2 Å². The number of nitrogens with one attached hydrogen (secondary N) is 2. The first-order valence-electron chi connectivity index (χ1n) is 9.81. The van der Waals surface area contributed by atoms with Gasteiger partial charge < -0.3 is 19.5 Å². The second kappa shape index (κ2) is 10.5. The van der Waals surface area contributed by atoms with Gasteiger partial charge in [0.1, 0.15) is 5.60 Å². The molecule has 10 heteroatoms. The van der Waals surface area contributed by atoms with Gasteiger partial charge in [0.25, 0.3) is 11.6 Å². The molecule has 0 fully saturated rings. The number of hydrogen-bond donors (Lipinski definition) is 2. The Morgan fingerprint density at radius 3 is 2.31 bits per heavy atom. The third kappa shape index (κ3) is 6.86. The Labute approximate surface area is 186 Å². The fourth-order valence-electron chi connectivity index (χ4n) is 2.85. The first-order valence-corrected chi connectivity index (χ1v) is 9.81. The second-order valence-corrected chi connectivity index (χ2v) is 7.81. The predicted octanol–water partition coefficient (Wildman–Crippen LogP) is 3.93. The lowest BCUT2D eigenvalue weighted by molar-refractivity contribution is -0.385. The van der Waals surface area contributed by atoms with Crippen molar-refractivity contribution < 1.29 is 28.7 Å². The van der Waals surface area contributed by atoms with Crippen LogP contribution in [0.5, 0.6) is 11.5 Å². The minimum atomic E-state index is -0.647. The molecule has 2 rings (SSSR count). The van der Waals surface area contributed by atoms with Crippen LogP contribution in [0.1, 0.15) is 36.7 Å². The summed E-state index contributed by atoms with van der Waals surface area (Å²) in [7, 11) is 2.83. The summed E-state index contributed by atoms with van der Waals surface area (Å²) in [6, 6.07) is 9.18.